The van der Waals surface area contributed by atoms with Gasteiger partial charge in [0.05, 0.1) is 0 Å². The fourth-order valence-electron chi connectivity index (χ4n) is 2.33. The van der Waals surface area contributed by atoms with E-state index in [2.05, 4.69) is 80.7 Å². The number of hydrogen-bond donors (Lipinski definition) is 1. The molecule has 2 aromatic rings. The minimum absolute atomic E-state index is 0.414. The van der Waals surface area contributed by atoms with Gasteiger partial charge in [-0.05, 0) is 50.1 Å². The molecule has 0 fully saturated rings. The Morgan fingerprint density at radius 1 is 0.952 bits per heavy atom. The smallest absolute Gasteiger partial charge is 0.0316 e. The monoisotopic (exact) mass is 299 g/mol. The van der Waals surface area contributed by atoms with E-state index in [4.69, 9.17) is 0 Å². The number of thioether (sulfide) groups is 1. The molecular formula is C19H25NS. The predicted molar refractivity (Wildman–Crippen MR) is 93.9 cm³/mol. The van der Waals surface area contributed by atoms with Crippen molar-refractivity contribution in [2.24, 2.45) is 0 Å². The summed E-state index contributed by atoms with van der Waals surface area (Å²) in [4.78, 5) is 1.34. The predicted octanol–water partition coefficient (Wildman–Crippen LogP) is 5.60. The molecule has 2 heteroatoms. The zero-order chi connectivity index (χ0) is 15.1. The van der Waals surface area contributed by atoms with E-state index in [0.717, 1.165) is 6.54 Å². The molecule has 0 aromatic heterocycles. The maximum atomic E-state index is 3.55. The van der Waals surface area contributed by atoms with Crippen molar-refractivity contribution in [3.05, 3.63) is 65.7 Å². The van der Waals surface area contributed by atoms with Crippen LogP contribution in [0.1, 0.15) is 49.6 Å². The number of rotatable bonds is 7. The molecule has 0 aliphatic rings. The lowest BCUT2D eigenvalue weighted by Crippen LogP contribution is -2.19. The standard InChI is InChI=1S/C19H25NS/c1-4-13-20-15(2)18-11-8-12-19(14-18)21-16(3)17-9-6-5-7-10-17/h5-12,14-16,20H,4,13H2,1-3H3. The molecule has 2 unspecified atom stereocenters. The van der Waals surface area contributed by atoms with Crippen molar-refractivity contribution in [2.75, 3.05) is 6.54 Å². The molecule has 0 aliphatic heterocycles. The second-order valence-corrected chi connectivity index (χ2v) is 6.83. The molecule has 112 valence electrons. The third-order valence-corrected chi connectivity index (χ3v) is 4.79. The first kappa shape index (κ1) is 16.1. The number of hydrogen-bond acceptors (Lipinski definition) is 2. The van der Waals surface area contributed by atoms with Gasteiger partial charge in [0, 0.05) is 16.2 Å². The van der Waals surface area contributed by atoms with Gasteiger partial charge in [-0.25, -0.2) is 0 Å². The van der Waals surface area contributed by atoms with E-state index in [-0.39, 0.29) is 0 Å². The summed E-state index contributed by atoms with van der Waals surface area (Å²) in [5, 5.41) is 4.02. The highest BCUT2D eigenvalue weighted by Crippen LogP contribution is 2.35. The van der Waals surface area contributed by atoms with Crippen LogP contribution in [0.15, 0.2) is 59.5 Å². The first-order chi connectivity index (χ1) is 10.2. The van der Waals surface area contributed by atoms with E-state index in [1.165, 1.54) is 22.4 Å². The number of benzene rings is 2. The Bertz CT molecular complexity index is 538. The summed E-state index contributed by atoms with van der Waals surface area (Å²) in [5.41, 5.74) is 2.75. The highest BCUT2D eigenvalue weighted by Gasteiger charge is 2.09. The Morgan fingerprint density at radius 3 is 2.38 bits per heavy atom. The van der Waals surface area contributed by atoms with Gasteiger partial charge in [-0.15, -0.1) is 11.8 Å². The van der Waals surface area contributed by atoms with Gasteiger partial charge in [0.2, 0.25) is 0 Å². The molecule has 0 bridgehead atoms. The van der Waals surface area contributed by atoms with Crippen LogP contribution in [0.2, 0.25) is 0 Å². The molecule has 1 N–H and O–H groups in total. The molecule has 0 amide bonds. The van der Waals surface area contributed by atoms with Crippen molar-refractivity contribution < 1.29 is 0 Å². The second kappa shape index (κ2) is 8.26. The molecule has 2 atom stereocenters. The normalized spacial score (nSPS) is 13.9. The molecule has 1 nitrogen and oxygen atoms in total. The highest BCUT2D eigenvalue weighted by atomic mass is 32.2. The summed E-state index contributed by atoms with van der Waals surface area (Å²) in [6, 6.07) is 20.0. The summed E-state index contributed by atoms with van der Waals surface area (Å²) in [7, 11) is 0. The van der Waals surface area contributed by atoms with Crippen LogP contribution in [-0.2, 0) is 0 Å². The van der Waals surface area contributed by atoms with Gasteiger partial charge in [-0.1, -0.05) is 49.4 Å². The minimum atomic E-state index is 0.414. The average Bonchev–Trinajstić information content (AvgIpc) is 2.53. The van der Waals surface area contributed by atoms with Crippen molar-refractivity contribution in [1.82, 2.24) is 5.32 Å². The van der Waals surface area contributed by atoms with Gasteiger partial charge in [-0.2, -0.15) is 0 Å². The molecule has 2 aromatic carbocycles. The zero-order valence-corrected chi connectivity index (χ0v) is 14.0. The Labute approximate surface area is 133 Å². The summed E-state index contributed by atoms with van der Waals surface area (Å²) < 4.78 is 0. The van der Waals surface area contributed by atoms with Crippen molar-refractivity contribution in [3.63, 3.8) is 0 Å². The van der Waals surface area contributed by atoms with Crippen molar-refractivity contribution in [2.45, 2.75) is 43.4 Å². The van der Waals surface area contributed by atoms with Crippen LogP contribution in [0.3, 0.4) is 0 Å². The van der Waals surface area contributed by atoms with Crippen LogP contribution in [0.4, 0.5) is 0 Å². The summed E-state index contributed by atoms with van der Waals surface area (Å²) in [6.07, 6.45) is 1.17. The zero-order valence-electron chi connectivity index (χ0n) is 13.2. The third kappa shape index (κ3) is 4.90. The first-order valence-corrected chi connectivity index (χ1v) is 8.63. The van der Waals surface area contributed by atoms with Crippen LogP contribution in [0.5, 0.6) is 0 Å². The summed E-state index contributed by atoms with van der Waals surface area (Å²) in [6.45, 7) is 7.78. The number of nitrogens with one attached hydrogen (secondary N) is 1. The van der Waals surface area contributed by atoms with Crippen LogP contribution >= 0.6 is 11.8 Å². The molecule has 0 saturated heterocycles. The first-order valence-electron chi connectivity index (χ1n) is 7.75. The molecule has 0 aliphatic carbocycles. The van der Waals surface area contributed by atoms with E-state index in [1.807, 2.05) is 11.8 Å². The Kier molecular flexibility index (Phi) is 6.34. The molecule has 0 heterocycles. The maximum Gasteiger partial charge on any atom is 0.0316 e. The van der Waals surface area contributed by atoms with Crippen LogP contribution in [-0.4, -0.2) is 6.54 Å². The third-order valence-electron chi connectivity index (χ3n) is 3.64. The molecule has 0 saturated carbocycles. The largest absolute Gasteiger partial charge is 0.310 e. The van der Waals surface area contributed by atoms with Gasteiger partial charge < -0.3 is 5.32 Å². The van der Waals surface area contributed by atoms with E-state index >= 15 is 0 Å². The summed E-state index contributed by atoms with van der Waals surface area (Å²) in [5.74, 6) is 0. The van der Waals surface area contributed by atoms with E-state index in [0.29, 0.717) is 11.3 Å². The lowest BCUT2D eigenvalue weighted by Gasteiger charge is -2.16. The van der Waals surface area contributed by atoms with E-state index < -0.39 is 0 Å². The van der Waals surface area contributed by atoms with E-state index in [9.17, 15) is 0 Å². The fraction of sp³-hybridized carbons (Fsp3) is 0.368. The Balaban J connectivity index is 2.04. The summed E-state index contributed by atoms with van der Waals surface area (Å²) >= 11 is 1.92. The molecule has 21 heavy (non-hydrogen) atoms. The molecule has 0 spiro atoms. The van der Waals surface area contributed by atoms with Gasteiger partial charge in [0.25, 0.3) is 0 Å². The van der Waals surface area contributed by atoms with Gasteiger partial charge in [0.15, 0.2) is 0 Å². The minimum Gasteiger partial charge on any atom is -0.310 e. The van der Waals surface area contributed by atoms with Crippen LogP contribution in [0, 0.1) is 0 Å². The molecule has 2 rings (SSSR count). The van der Waals surface area contributed by atoms with Crippen molar-refractivity contribution in [1.29, 1.82) is 0 Å². The topological polar surface area (TPSA) is 12.0 Å². The van der Waals surface area contributed by atoms with Crippen LogP contribution < -0.4 is 5.32 Å². The van der Waals surface area contributed by atoms with Crippen LogP contribution in [0.25, 0.3) is 0 Å². The van der Waals surface area contributed by atoms with Crippen molar-refractivity contribution >= 4 is 11.8 Å². The van der Waals surface area contributed by atoms with Gasteiger partial charge >= 0.3 is 0 Å². The average molecular weight is 299 g/mol. The Hall–Kier alpha value is -1.25. The van der Waals surface area contributed by atoms with E-state index in [1.54, 1.807) is 0 Å². The highest BCUT2D eigenvalue weighted by molar-refractivity contribution is 7.99. The van der Waals surface area contributed by atoms with Gasteiger partial charge in [0.1, 0.15) is 0 Å². The Morgan fingerprint density at radius 2 is 1.67 bits per heavy atom. The lowest BCUT2D eigenvalue weighted by molar-refractivity contribution is 0.570. The molecule has 0 radical (unpaired) electrons. The van der Waals surface area contributed by atoms with Gasteiger partial charge in [-0.3, -0.25) is 0 Å². The molecular weight excluding hydrogens is 274 g/mol. The lowest BCUT2D eigenvalue weighted by atomic mass is 10.1. The fourth-order valence-corrected chi connectivity index (χ4v) is 3.39. The quantitative estimate of drug-likeness (QED) is 0.668. The maximum absolute atomic E-state index is 3.55. The SMILES string of the molecule is CCCNC(C)c1cccc(SC(C)c2ccccc2)c1. The second-order valence-electron chi connectivity index (χ2n) is 5.42. The van der Waals surface area contributed by atoms with Crippen molar-refractivity contribution in [3.8, 4) is 0 Å².